The van der Waals surface area contributed by atoms with Gasteiger partial charge in [0.25, 0.3) is 0 Å². The second-order valence-corrected chi connectivity index (χ2v) is 6.82. The second kappa shape index (κ2) is 6.06. The van der Waals surface area contributed by atoms with Crippen LogP contribution in [0.5, 0.6) is 0 Å². The molecule has 0 radical (unpaired) electrons. The lowest BCUT2D eigenvalue weighted by molar-refractivity contribution is 0.245. The maximum absolute atomic E-state index is 13.9. The molecule has 4 rings (SSSR count). The van der Waals surface area contributed by atoms with E-state index in [2.05, 4.69) is 53.8 Å². The Bertz CT molecular complexity index is 866. The third-order valence-electron chi connectivity index (χ3n) is 5.42. The zero-order valence-corrected chi connectivity index (χ0v) is 14.3. The number of aryl methyl sites for hydroxylation is 2. The summed E-state index contributed by atoms with van der Waals surface area (Å²) in [6, 6.07) is 16.1. The lowest BCUT2D eigenvalue weighted by Crippen LogP contribution is -2.31. The number of aromatic nitrogens is 1. The molecule has 0 fully saturated rings. The van der Waals surface area contributed by atoms with E-state index in [4.69, 9.17) is 0 Å². The molecule has 3 aromatic rings. The summed E-state index contributed by atoms with van der Waals surface area (Å²) >= 11 is 0. The standard InChI is InChI=1S/C21H23FN2/c1-15-21-18-14-17(22)8-9-19(18)24(20(21)11-12-23(15)2)13-10-16-6-4-3-5-7-16/h3-9,14-15H,10-13H2,1-2H3. The van der Waals surface area contributed by atoms with Crippen LogP contribution in [0.4, 0.5) is 4.39 Å². The van der Waals surface area contributed by atoms with Crippen molar-refractivity contribution in [2.75, 3.05) is 13.6 Å². The van der Waals surface area contributed by atoms with Crippen molar-refractivity contribution in [2.24, 2.45) is 0 Å². The van der Waals surface area contributed by atoms with Crippen molar-refractivity contribution in [3.8, 4) is 0 Å². The number of halogens is 1. The van der Waals surface area contributed by atoms with Crippen LogP contribution in [0, 0.1) is 5.82 Å². The van der Waals surface area contributed by atoms with Crippen LogP contribution in [-0.2, 0) is 19.4 Å². The largest absolute Gasteiger partial charge is 0.344 e. The molecular formula is C21H23FN2. The lowest BCUT2D eigenvalue weighted by atomic mass is 9.97. The fraction of sp³-hybridized carbons (Fsp3) is 0.333. The van der Waals surface area contributed by atoms with Crippen molar-refractivity contribution < 1.29 is 4.39 Å². The Hall–Kier alpha value is -2.13. The van der Waals surface area contributed by atoms with E-state index in [0.717, 1.165) is 31.3 Å². The van der Waals surface area contributed by atoms with Gasteiger partial charge in [0.15, 0.2) is 0 Å². The van der Waals surface area contributed by atoms with E-state index < -0.39 is 0 Å². The summed E-state index contributed by atoms with van der Waals surface area (Å²) in [5, 5.41) is 1.08. The fourth-order valence-electron chi connectivity index (χ4n) is 3.98. The first-order chi connectivity index (χ1) is 11.6. The molecule has 1 atom stereocenters. The van der Waals surface area contributed by atoms with Gasteiger partial charge < -0.3 is 4.57 Å². The number of rotatable bonds is 3. The monoisotopic (exact) mass is 322 g/mol. The third-order valence-corrected chi connectivity index (χ3v) is 5.42. The van der Waals surface area contributed by atoms with Gasteiger partial charge in [-0.1, -0.05) is 30.3 Å². The van der Waals surface area contributed by atoms with Crippen LogP contribution in [0.2, 0.25) is 0 Å². The molecule has 0 spiro atoms. The minimum absolute atomic E-state index is 0.147. The van der Waals surface area contributed by atoms with Crippen molar-refractivity contribution in [1.29, 1.82) is 0 Å². The van der Waals surface area contributed by atoms with Crippen LogP contribution in [-0.4, -0.2) is 23.1 Å². The summed E-state index contributed by atoms with van der Waals surface area (Å²) in [5.41, 5.74) is 5.21. The molecule has 3 heteroatoms. The first-order valence-corrected chi connectivity index (χ1v) is 8.70. The Morgan fingerprint density at radius 1 is 1.12 bits per heavy atom. The van der Waals surface area contributed by atoms with Gasteiger partial charge >= 0.3 is 0 Å². The molecule has 124 valence electrons. The predicted molar refractivity (Wildman–Crippen MR) is 96.8 cm³/mol. The van der Waals surface area contributed by atoms with Crippen molar-refractivity contribution in [1.82, 2.24) is 9.47 Å². The van der Waals surface area contributed by atoms with Gasteiger partial charge in [-0.2, -0.15) is 0 Å². The Balaban J connectivity index is 1.80. The fourth-order valence-corrected chi connectivity index (χ4v) is 3.98. The molecule has 2 heterocycles. The summed E-state index contributed by atoms with van der Waals surface area (Å²) in [6.07, 6.45) is 2.03. The van der Waals surface area contributed by atoms with E-state index in [1.165, 1.54) is 22.3 Å². The Morgan fingerprint density at radius 3 is 2.71 bits per heavy atom. The highest BCUT2D eigenvalue weighted by Crippen LogP contribution is 2.37. The first-order valence-electron chi connectivity index (χ1n) is 8.70. The van der Waals surface area contributed by atoms with Gasteiger partial charge in [-0.25, -0.2) is 4.39 Å². The third kappa shape index (κ3) is 2.53. The van der Waals surface area contributed by atoms with E-state index in [9.17, 15) is 4.39 Å². The van der Waals surface area contributed by atoms with Crippen LogP contribution < -0.4 is 0 Å². The maximum atomic E-state index is 13.9. The van der Waals surface area contributed by atoms with Crippen LogP contribution in [0.1, 0.15) is 29.8 Å². The van der Waals surface area contributed by atoms with Gasteiger partial charge in [-0.05, 0) is 49.7 Å². The number of hydrogen-bond donors (Lipinski definition) is 0. The molecule has 0 amide bonds. The van der Waals surface area contributed by atoms with Gasteiger partial charge in [-0.15, -0.1) is 0 Å². The predicted octanol–water partition coefficient (Wildman–Crippen LogP) is 4.57. The highest BCUT2D eigenvalue weighted by atomic mass is 19.1. The summed E-state index contributed by atoms with van der Waals surface area (Å²) in [6.45, 7) is 4.22. The molecule has 0 N–H and O–H groups in total. The zero-order valence-electron chi connectivity index (χ0n) is 14.3. The SMILES string of the molecule is CC1c2c(n(CCc3ccccc3)c3ccc(F)cc23)CCN1C. The second-order valence-electron chi connectivity index (χ2n) is 6.82. The molecule has 1 unspecified atom stereocenters. The smallest absolute Gasteiger partial charge is 0.123 e. The van der Waals surface area contributed by atoms with E-state index in [1.807, 2.05) is 6.07 Å². The van der Waals surface area contributed by atoms with Crippen molar-refractivity contribution in [3.05, 3.63) is 71.2 Å². The number of likely N-dealkylation sites (N-methyl/N-ethyl adjacent to an activating group) is 1. The van der Waals surface area contributed by atoms with E-state index in [1.54, 1.807) is 12.1 Å². The molecule has 0 bridgehead atoms. The zero-order chi connectivity index (χ0) is 16.7. The maximum Gasteiger partial charge on any atom is 0.123 e. The first kappa shape index (κ1) is 15.4. The average molecular weight is 322 g/mol. The highest BCUT2D eigenvalue weighted by molar-refractivity contribution is 5.86. The molecule has 0 saturated heterocycles. The topological polar surface area (TPSA) is 8.17 Å². The molecule has 1 aliphatic rings. The highest BCUT2D eigenvalue weighted by Gasteiger charge is 2.27. The molecule has 2 aromatic carbocycles. The Kier molecular flexibility index (Phi) is 3.89. The van der Waals surface area contributed by atoms with Gasteiger partial charge in [-0.3, -0.25) is 4.90 Å². The van der Waals surface area contributed by atoms with E-state index in [0.29, 0.717) is 6.04 Å². The van der Waals surface area contributed by atoms with Gasteiger partial charge in [0.1, 0.15) is 5.82 Å². The molecule has 1 aliphatic heterocycles. The average Bonchev–Trinajstić information content (AvgIpc) is 2.90. The van der Waals surface area contributed by atoms with Crippen molar-refractivity contribution in [3.63, 3.8) is 0 Å². The minimum Gasteiger partial charge on any atom is -0.344 e. The van der Waals surface area contributed by atoms with E-state index >= 15 is 0 Å². The Morgan fingerprint density at radius 2 is 1.92 bits per heavy atom. The van der Waals surface area contributed by atoms with Crippen LogP contribution >= 0.6 is 0 Å². The summed E-state index contributed by atoms with van der Waals surface area (Å²) in [5.74, 6) is -0.147. The molecule has 1 aromatic heterocycles. The molecule has 0 saturated carbocycles. The van der Waals surface area contributed by atoms with Crippen molar-refractivity contribution >= 4 is 10.9 Å². The van der Waals surface area contributed by atoms with Gasteiger partial charge in [0, 0.05) is 42.1 Å². The lowest BCUT2D eigenvalue weighted by Gasteiger charge is -2.31. The molecule has 24 heavy (non-hydrogen) atoms. The number of benzene rings is 2. The van der Waals surface area contributed by atoms with Gasteiger partial charge in [0.2, 0.25) is 0 Å². The summed E-state index contributed by atoms with van der Waals surface area (Å²) < 4.78 is 16.3. The normalized spacial score (nSPS) is 18.0. The van der Waals surface area contributed by atoms with Crippen LogP contribution in [0.15, 0.2) is 48.5 Å². The van der Waals surface area contributed by atoms with Crippen LogP contribution in [0.25, 0.3) is 10.9 Å². The number of hydrogen-bond acceptors (Lipinski definition) is 1. The van der Waals surface area contributed by atoms with Crippen molar-refractivity contribution in [2.45, 2.75) is 32.4 Å². The molecule has 0 aliphatic carbocycles. The Labute approximate surface area is 142 Å². The quantitative estimate of drug-likeness (QED) is 0.685. The van der Waals surface area contributed by atoms with Gasteiger partial charge in [0.05, 0.1) is 0 Å². The van der Waals surface area contributed by atoms with Crippen LogP contribution in [0.3, 0.4) is 0 Å². The van der Waals surface area contributed by atoms with E-state index in [-0.39, 0.29) is 5.82 Å². The summed E-state index contributed by atoms with van der Waals surface area (Å²) in [7, 11) is 2.15. The number of fused-ring (bicyclic) bond motifs is 3. The molecule has 2 nitrogen and oxygen atoms in total. The summed E-state index contributed by atoms with van der Waals surface area (Å²) in [4.78, 5) is 2.36. The minimum atomic E-state index is -0.147. The number of nitrogens with zero attached hydrogens (tertiary/aromatic N) is 2. The molecular weight excluding hydrogens is 299 g/mol.